The normalized spacial score (nSPS) is 61.4. The second-order valence-corrected chi connectivity index (χ2v) is 15.8. The topological polar surface area (TPSA) is 54.6 Å². The molecule has 0 aromatic carbocycles. The van der Waals surface area contributed by atoms with E-state index in [0.29, 0.717) is 60.7 Å². The van der Waals surface area contributed by atoms with Crippen LogP contribution in [0.5, 0.6) is 0 Å². The number of fused-ring (bicyclic) bond motifs is 3. The summed E-state index contributed by atoms with van der Waals surface area (Å²) >= 11 is 0. The van der Waals surface area contributed by atoms with Gasteiger partial charge in [0.15, 0.2) is 0 Å². The van der Waals surface area contributed by atoms with Crippen LogP contribution in [0.2, 0.25) is 0 Å². The van der Waals surface area contributed by atoms with Crippen LogP contribution in [0.3, 0.4) is 0 Å². The summed E-state index contributed by atoms with van der Waals surface area (Å²) in [6.07, 6.45) is 25.7. The zero-order chi connectivity index (χ0) is 27.0. The summed E-state index contributed by atoms with van der Waals surface area (Å²) in [6.45, 7) is 6.55. The van der Waals surface area contributed by atoms with E-state index < -0.39 is 0 Å². The number of allylic oxidation sites excluding steroid dienone is 3. The largest absolute Gasteiger partial charge is 0.297 e. The summed E-state index contributed by atoms with van der Waals surface area (Å²) in [7, 11) is 0. The molecule has 41 heavy (non-hydrogen) atoms. The maximum absolute atomic E-state index is 4.66. The molecule has 6 heteroatoms. The van der Waals surface area contributed by atoms with Crippen LogP contribution in [-0.4, -0.2) is 58.8 Å². The predicted molar refractivity (Wildman–Crippen MR) is 162 cm³/mol. The van der Waals surface area contributed by atoms with Gasteiger partial charge < -0.3 is 0 Å². The molecule has 0 aromatic heterocycles. The zero-order valence-electron chi connectivity index (χ0n) is 25.1. The molecular weight excluding hydrogens is 504 g/mol. The van der Waals surface area contributed by atoms with Crippen LogP contribution in [0.25, 0.3) is 0 Å². The van der Waals surface area contributed by atoms with Crippen molar-refractivity contribution in [1.29, 1.82) is 0 Å². The van der Waals surface area contributed by atoms with Crippen molar-refractivity contribution in [2.45, 2.75) is 133 Å². The molecule has 11 fully saturated rings. The maximum Gasteiger partial charge on any atom is 0.0791 e. The number of hydrogen-bond donors (Lipinski definition) is 4. The average molecular weight is 557 g/mol. The van der Waals surface area contributed by atoms with Gasteiger partial charge in [0.1, 0.15) is 0 Å². The standard InChI is InChI=1S/C35H52N6/c1-3-11-19-18(4-2)28-26-27-30-20-12-5-6-13-21(20)31(27)39-35-25-17-10-9-16-24(25)33(37-29(19)26)41(35)40-32(36-28)22-14-7-8-15-23(22)34(40)38-30/h3-4,11,20-39H,1,5-10,12-17H2,2H3/b18-4+,19-11?. The van der Waals surface area contributed by atoms with Gasteiger partial charge in [-0.1, -0.05) is 63.3 Å². The fraction of sp³-hybridized carbons (Fsp3) is 0.829. The Hall–Kier alpha value is -1.02. The molecular formula is C35H52N6. The molecule has 6 saturated heterocycles. The summed E-state index contributed by atoms with van der Waals surface area (Å²) in [4.78, 5) is 0. The van der Waals surface area contributed by atoms with E-state index in [-0.39, 0.29) is 0 Å². The van der Waals surface area contributed by atoms with Gasteiger partial charge in [-0.3, -0.25) is 21.3 Å². The molecule has 6 heterocycles. The van der Waals surface area contributed by atoms with Gasteiger partial charge in [-0.2, -0.15) is 0 Å². The summed E-state index contributed by atoms with van der Waals surface area (Å²) < 4.78 is 0. The van der Waals surface area contributed by atoms with Crippen LogP contribution in [0, 0.1) is 47.3 Å². The molecule has 11 rings (SSSR count). The molecule has 5 saturated carbocycles. The molecule has 0 radical (unpaired) electrons. The summed E-state index contributed by atoms with van der Waals surface area (Å²) in [5.41, 5.74) is 3.11. The first kappa shape index (κ1) is 25.3. The van der Waals surface area contributed by atoms with Crippen molar-refractivity contribution in [3.63, 3.8) is 0 Å². The highest BCUT2D eigenvalue weighted by Gasteiger charge is 2.69. The highest BCUT2D eigenvalue weighted by atomic mass is 15.8. The Balaban J connectivity index is 1.26. The zero-order valence-corrected chi connectivity index (χ0v) is 25.1. The third-order valence-electron chi connectivity index (χ3n) is 14.7. The van der Waals surface area contributed by atoms with Crippen molar-refractivity contribution >= 4 is 0 Å². The van der Waals surface area contributed by atoms with Gasteiger partial charge in [-0.05, 0) is 98.0 Å². The lowest BCUT2D eigenvalue weighted by Crippen LogP contribution is -2.68. The molecule has 4 N–H and O–H groups in total. The molecule has 6 nitrogen and oxygen atoms in total. The van der Waals surface area contributed by atoms with E-state index in [4.69, 9.17) is 0 Å². The highest BCUT2D eigenvalue weighted by Crippen LogP contribution is 2.60. The molecule has 5 aliphatic carbocycles. The predicted octanol–water partition coefficient (Wildman–Crippen LogP) is 4.45. The van der Waals surface area contributed by atoms with Gasteiger partial charge in [0.25, 0.3) is 0 Å². The first-order chi connectivity index (χ1) is 20.3. The number of nitrogens with one attached hydrogen (secondary N) is 4. The fourth-order valence-corrected chi connectivity index (χ4v) is 13.5. The monoisotopic (exact) mass is 556 g/mol. The number of nitrogens with zero attached hydrogens (tertiary/aromatic N) is 2. The Kier molecular flexibility index (Phi) is 5.71. The second kappa shape index (κ2) is 9.25. The third-order valence-corrected chi connectivity index (χ3v) is 14.7. The smallest absolute Gasteiger partial charge is 0.0791 e. The Labute approximate surface area is 247 Å². The highest BCUT2D eigenvalue weighted by molar-refractivity contribution is 5.49. The van der Waals surface area contributed by atoms with Crippen molar-refractivity contribution in [2.75, 3.05) is 0 Å². The molecule has 18 unspecified atom stereocenters. The Bertz CT molecular complexity index is 1150. The third kappa shape index (κ3) is 3.20. The van der Waals surface area contributed by atoms with Gasteiger partial charge in [0.2, 0.25) is 0 Å². The average Bonchev–Trinajstić information content (AvgIpc) is 3.70. The second-order valence-electron chi connectivity index (χ2n) is 15.8. The van der Waals surface area contributed by atoms with Crippen LogP contribution < -0.4 is 21.3 Å². The van der Waals surface area contributed by atoms with Crippen LogP contribution in [0.15, 0.2) is 36.0 Å². The Morgan fingerprint density at radius 2 is 0.976 bits per heavy atom. The van der Waals surface area contributed by atoms with Gasteiger partial charge >= 0.3 is 0 Å². The summed E-state index contributed by atoms with van der Waals surface area (Å²) in [5, 5.41) is 24.5. The SMILES string of the molecule is C=CC=C1/C(=C\C)C2NC3C4CCCCC4C4NC5C6CCCCC6C6NC7C8CCCCC8C(NC1C2C65)N7N34. The number of hydrogen-bond acceptors (Lipinski definition) is 6. The van der Waals surface area contributed by atoms with Crippen molar-refractivity contribution < 1.29 is 0 Å². The van der Waals surface area contributed by atoms with Crippen LogP contribution in [0.4, 0.5) is 0 Å². The lowest BCUT2D eigenvalue weighted by atomic mass is 9.73. The summed E-state index contributed by atoms with van der Waals surface area (Å²) in [6, 6.07) is 2.03. The molecule has 6 aliphatic heterocycles. The van der Waals surface area contributed by atoms with Crippen molar-refractivity contribution in [3.8, 4) is 0 Å². The molecule has 222 valence electrons. The van der Waals surface area contributed by atoms with E-state index in [1.807, 2.05) is 0 Å². The van der Waals surface area contributed by atoms with E-state index in [0.717, 1.165) is 35.5 Å². The van der Waals surface area contributed by atoms with Gasteiger partial charge in [0, 0.05) is 30.1 Å². The quantitative estimate of drug-likeness (QED) is 0.383. The Morgan fingerprint density at radius 1 is 0.561 bits per heavy atom. The molecule has 0 spiro atoms. The number of rotatable bonds is 1. The van der Waals surface area contributed by atoms with E-state index >= 15 is 0 Å². The van der Waals surface area contributed by atoms with Crippen molar-refractivity contribution in [1.82, 2.24) is 31.3 Å². The van der Waals surface area contributed by atoms with Crippen LogP contribution >= 0.6 is 0 Å². The number of hydrazine groups is 1. The minimum Gasteiger partial charge on any atom is -0.297 e. The molecule has 18 atom stereocenters. The minimum absolute atomic E-state index is 0.390. The van der Waals surface area contributed by atoms with Gasteiger partial charge in [-0.25, -0.2) is 10.0 Å². The van der Waals surface area contributed by atoms with Gasteiger partial charge in [-0.15, -0.1) is 0 Å². The minimum atomic E-state index is 0.390. The van der Waals surface area contributed by atoms with Crippen LogP contribution in [-0.2, 0) is 0 Å². The summed E-state index contributed by atoms with van der Waals surface area (Å²) in [5.74, 6) is 5.84. The van der Waals surface area contributed by atoms with E-state index in [1.54, 1.807) is 11.1 Å². The first-order valence-electron chi connectivity index (χ1n) is 17.9. The van der Waals surface area contributed by atoms with Crippen molar-refractivity contribution in [2.24, 2.45) is 47.3 Å². The van der Waals surface area contributed by atoms with E-state index in [9.17, 15) is 0 Å². The van der Waals surface area contributed by atoms with E-state index in [2.05, 4.69) is 63.0 Å². The Morgan fingerprint density at radius 3 is 1.41 bits per heavy atom. The van der Waals surface area contributed by atoms with E-state index in [1.165, 1.54) is 77.0 Å². The lowest BCUT2D eigenvalue weighted by Gasteiger charge is -2.48. The van der Waals surface area contributed by atoms with Crippen LogP contribution in [0.1, 0.15) is 84.0 Å². The maximum atomic E-state index is 4.66. The lowest BCUT2D eigenvalue weighted by molar-refractivity contribution is -0.147. The molecule has 11 aliphatic rings. The van der Waals surface area contributed by atoms with Gasteiger partial charge in [0.05, 0.1) is 24.7 Å². The molecule has 0 aromatic rings. The first-order valence-corrected chi connectivity index (χ1v) is 17.9. The molecule has 0 amide bonds. The van der Waals surface area contributed by atoms with Crippen molar-refractivity contribution in [3.05, 3.63) is 36.0 Å². The fourth-order valence-electron chi connectivity index (χ4n) is 13.5. The molecule has 12 bridgehead atoms.